The van der Waals surface area contributed by atoms with Gasteiger partial charge in [-0.2, -0.15) is 9.78 Å². The Hall–Kier alpha value is -3.18. The van der Waals surface area contributed by atoms with Gasteiger partial charge in [0.2, 0.25) is 5.91 Å². The number of hydrogen-bond donors (Lipinski definition) is 1. The molecule has 1 N–H and O–H groups in total. The van der Waals surface area contributed by atoms with Crippen molar-refractivity contribution < 1.29 is 4.79 Å². The zero-order valence-corrected chi connectivity index (χ0v) is 17.1. The predicted octanol–water partition coefficient (Wildman–Crippen LogP) is 5.26. The summed E-state index contributed by atoms with van der Waals surface area (Å²) in [6, 6.07) is 19.4. The van der Waals surface area contributed by atoms with Gasteiger partial charge in [-0.1, -0.05) is 41.9 Å². The number of rotatable bonds is 5. The standard InChI is InChI=1S/C23H21ClN4O/c1-15-13-21(25-20-6-4-3-5-19(15)20)28-22(14-16(2)27-28)26-23(29)12-9-17-7-10-18(24)11-8-17/h3-8,10-11,13-14H,9,12H2,1-2H3,(H,26,29). The molecule has 0 spiro atoms. The zero-order chi connectivity index (χ0) is 20.4. The Morgan fingerprint density at radius 3 is 2.62 bits per heavy atom. The Morgan fingerprint density at radius 1 is 1.07 bits per heavy atom. The van der Waals surface area contributed by atoms with E-state index in [1.54, 1.807) is 4.68 Å². The van der Waals surface area contributed by atoms with Crippen molar-refractivity contribution in [3.05, 3.63) is 82.5 Å². The van der Waals surface area contributed by atoms with Crippen LogP contribution in [0.4, 0.5) is 5.82 Å². The van der Waals surface area contributed by atoms with E-state index in [0.717, 1.165) is 27.7 Å². The molecular weight excluding hydrogens is 384 g/mol. The number of carbonyl (C=O) groups is 1. The minimum atomic E-state index is -0.0707. The van der Waals surface area contributed by atoms with E-state index in [0.29, 0.717) is 29.5 Å². The lowest BCUT2D eigenvalue weighted by Crippen LogP contribution is -2.16. The number of aryl methyl sites for hydroxylation is 3. The van der Waals surface area contributed by atoms with Crippen molar-refractivity contribution in [1.82, 2.24) is 14.8 Å². The van der Waals surface area contributed by atoms with Crippen LogP contribution in [0, 0.1) is 13.8 Å². The Balaban J connectivity index is 1.55. The van der Waals surface area contributed by atoms with Crippen LogP contribution in [0.3, 0.4) is 0 Å². The first-order valence-electron chi connectivity index (χ1n) is 9.47. The fraction of sp³-hybridized carbons (Fsp3) is 0.174. The van der Waals surface area contributed by atoms with E-state index in [1.807, 2.05) is 68.4 Å². The molecule has 0 unspecified atom stereocenters. The summed E-state index contributed by atoms with van der Waals surface area (Å²) in [5.41, 5.74) is 3.89. The van der Waals surface area contributed by atoms with E-state index in [9.17, 15) is 4.79 Å². The fourth-order valence-electron chi connectivity index (χ4n) is 3.32. The number of halogens is 1. The smallest absolute Gasteiger partial charge is 0.225 e. The molecule has 146 valence electrons. The first-order valence-corrected chi connectivity index (χ1v) is 9.85. The maximum atomic E-state index is 12.5. The topological polar surface area (TPSA) is 59.8 Å². The number of carbonyl (C=O) groups excluding carboxylic acids is 1. The number of amides is 1. The van der Waals surface area contributed by atoms with Crippen LogP contribution >= 0.6 is 11.6 Å². The molecule has 0 atom stereocenters. The number of aromatic nitrogens is 3. The average molecular weight is 405 g/mol. The summed E-state index contributed by atoms with van der Waals surface area (Å²) in [6.45, 7) is 3.95. The molecule has 0 aliphatic heterocycles. The molecule has 0 saturated carbocycles. The van der Waals surface area contributed by atoms with Gasteiger partial charge in [0.15, 0.2) is 5.82 Å². The van der Waals surface area contributed by atoms with Gasteiger partial charge >= 0.3 is 0 Å². The molecule has 29 heavy (non-hydrogen) atoms. The van der Waals surface area contributed by atoms with Crippen molar-refractivity contribution in [3.63, 3.8) is 0 Å². The summed E-state index contributed by atoms with van der Waals surface area (Å²) in [4.78, 5) is 17.3. The highest BCUT2D eigenvalue weighted by molar-refractivity contribution is 6.30. The van der Waals surface area contributed by atoms with Gasteiger partial charge in [-0.25, -0.2) is 4.98 Å². The Labute approximate surface area is 174 Å². The Kier molecular flexibility index (Phi) is 5.32. The third kappa shape index (κ3) is 4.30. The molecule has 0 saturated heterocycles. The second-order valence-corrected chi connectivity index (χ2v) is 7.51. The van der Waals surface area contributed by atoms with Gasteiger partial charge in [0.1, 0.15) is 5.82 Å². The third-order valence-corrected chi connectivity index (χ3v) is 5.03. The van der Waals surface area contributed by atoms with Crippen molar-refractivity contribution in [2.45, 2.75) is 26.7 Å². The SMILES string of the molecule is Cc1cc(NC(=O)CCc2ccc(Cl)cc2)n(-c2cc(C)c3ccccc3n2)n1. The van der Waals surface area contributed by atoms with E-state index < -0.39 is 0 Å². The largest absolute Gasteiger partial charge is 0.311 e. The first-order chi connectivity index (χ1) is 14.0. The minimum absolute atomic E-state index is 0.0707. The van der Waals surface area contributed by atoms with Gasteiger partial charge in [0.25, 0.3) is 0 Å². The number of hydrogen-bond acceptors (Lipinski definition) is 3. The van der Waals surface area contributed by atoms with Crippen LogP contribution in [-0.4, -0.2) is 20.7 Å². The lowest BCUT2D eigenvalue weighted by Gasteiger charge is -2.11. The Morgan fingerprint density at radius 2 is 1.83 bits per heavy atom. The van der Waals surface area contributed by atoms with Crippen molar-refractivity contribution in [3.8, 4) is 5.82 Å². The van der Waals surface area contributed by atoms with Crippen molar-refractivity contribution in [1.29, 1.82) is 0 Å². The summed E-state index contributed by atoms with van der Waals surface area (Å²) < 4.78 is 1.69. The number of nitrogens with zero attached hydrogens (tertiary/aromatic N) is 3. The summed E-state index contributed by atoms with van der Waals surface area (Å²) in [5, 5.41) is 9.30. The molecule has 4 rings (SSSR count). The van der Waals surface area contributed by atoms with Gasteiger partial charge in [-0.05, 0) is 55.7 Å². The third-order valence-electron chi connectivity index (χ3n) is 4.78. The Bertz CT molecular complexity index is 1180. The van der Waals surface area contributed by atoms with Crippen molar-refractivity contribution >= 4 is 34.2 Å². The molecule has 2 aromatic heterocycles. The maximum absolute atomic E-state index is 12.5. The van der Waals surface area contributed by atoms with Gasteiger partial charge in [-0.3, -0.25) is 4.79 Å². The van der Waals surface area contributed by atoms with Crippen LogP contribution < -0.4 is 5.32 Å². The molecule has 4 aromatic rings. The molecule has 2 heterocycles. The zero-order valence-electron chi connectivity index (χ0n) is 16.3. The molecule has 6 heteroatoms. The average Bonchev–Trinajstić information content (AvgIpc) is 3.07. The van der Waals surface area contributed by atoms with Crippen LogP contribution in [-0.2, 0) is 11.2 Å². The van der Waals surface area contributed by atoms with E-state index in [2.05, 4.69) is 16.5 Å². The maximum Gasteiger partial charge on any atom is 0.225 e. The molecule has 2 aromatic carbocycles. The summed E-state index contributed by atoms with van der Waals surface area (Å²) in [7, 11) is 0. The molecular formula is C23H21ClN4O. The van der Waals surface area contributed by atoms with Crippen molar-refractivity contribution in [2.75, 3.05) is 5.32 Å². The molecule has 0 aliphatic carbocycles. The summed E-state index contributed by atoms with van der Waals surface area (Å²) in [5.74, 6) is 1.23. The molecule has 0 bridgehead atoms. The van der Waals surface area contributed by atoms with E-state index in [4.69, 9.17) is 16.6 Å². The van der Waals surface area contributed by atoms with Crippen LogP contribution in [0.15, 0.2) is 60.7 Å². The predicted molar refractivity (Wildman–Crippen MR) is 117 cm³/mol. The molecule has 0 fully saturated rings. The molecule has 5 nitrogen and oxygen atoms in total. The van der Waals surface area contributed by atoms with Crippen LogP contribution in [0.1, 0.15) is 23.2 Å². The van der Waals surface area contributed by atoms with Crippen LogP contribution in [0.5, 0.6) is 0 Å². The summed E-state index contributed by atoms with van der Waals surface area (Å²) in [6.07, 6.45) is 1.01. The van der Waals surface area contributed by atoms with E-state index in [-0.39, 0.29) is 5.91 Å². The number of pyridine rings is 1. The van der Waals surface area contributed by atoms with Gasteiger partial charge in [0.05, 0.1) is 11.2 Å². The molecule has 0 radical (unpaired) electrons. The fourth-order valence-corrected chi connectivity index (χ4v) is 3.44. The van der Waals surface area contributed by atoms with Gasteiger partial charge in [0, 0.05) is 22.9 Å². The molecule has 1 amide bonds. The highest BCUT2D eigenvalue weighted by atomic mass is 35.5. The minimum Gasteiger partial charge on any atom is -0.311 e. The number of fused-ring (bicyclic) bond motifs is 1. The number of anilines is 1. The van der Waals surface area contributed by atoms with Gasteiger partial charge in [-0.15, -0.1) is 0 Å². The van der Waals surface area contributed by atoms with E-state index in [1.165, 1.54) is 0 Å². The van der Waals surface area contributed by atoms with E-state index >= 15 is 0 Å². The summed E-state index contributed by atoms with van der Waals surface area (Å²) >= 11 is 5.91. The lowest BCUT2D eigenvalue weighted by atomic mass is 10.1. The number of para-hydroxylation sites is 1. The lowest BCUT2D eigenvalue weighted by molar-refractivity contribution is -0.116. The second kappa shape index (κ2) is 8.05. The number of benzene rings is 2. The van der Waals surface area contributed by atoms with Crippen LogP contribution in [0.2, 0.25) is 5.02 Å². The second-order valence-electron chi connectivity index (χ2n) is 7.07. The number of nitrogens with one attached hydrogen (secondary N) is 1. The normalized spacial score (nSPS) is 11.0. The molecule has 0 aliphatic rings. The van der Waals surface area contributed by atoms with Crippen LogP contribution in [0.25, 0.3) is 16.7 Å². The monoisotopic (exact) mass is 404 g/mol. The highest BCUT2D eigenvalue weighted by Crippen LogP contribution is 2.22. The van der Waals surface area contributed by atoms with Gasteiger partial charge < -0.3 is 5.32 Å². The quantitative estimate of drug-likeness (QED) is 0.493. The highest BCUT2D eigenvalue weighted by Gasteiger charge is 2.13. The van der Waals surface area contributed by atoms with Crippen molar-refractivity contribution in [2.24, 2.45) is 0 Å². The first kappa shape index (κ1) is 19.2.